The van der Waals surface area contributed by atoms with E-state index in [4.69, 9.17) is 5.73 Å². The van der Waals surface area contributed by atoms with Crippen molar-refractivity contribution in [2.75, 3.05) is 0 Å². The minimum absolute atomic E-state index is 0.0410. The maximum absolute atomic E-state index is 13.4. The molecule has 1 aromatic carbocycles. The number of primary amides is 1. The molecule has 0 saturated heterocycles. The first-order valence-electron chi connectivity index (χ1n) is 11.2. The van der Waals surface area contributed by atoms with E-state index in [-0.39, 0.29) is 22.6 Å². The largest absolute Gasteiger partial charge is 0.416 e. The summed E-state index contributed by atoms with van der Waals surface area (Å²) in [5.74, 6) is -0.0432. The fourth-order valence-electron chi connectivity index (χ4n) is 6.84. The van der Waals surface area contributed by atoms with E-state index in [0.29, 0.717) is 24.3 Å². The molecular formula is C23H28BrF3N2O4S. The number of ketones is 1. The van der Waals surface area contributed by atoms with Crippen LogP contribution in [0.25, 0.3) is 0 Å². The fourth-order valence-corrected chi connectivity index (χ4v) is 9.23. The normalized spacial score (nSPS) is 31.0. The molecule has 4 aliphatic rings. The smallest absolute Gasteiger partial charge is 0.369 e. The number of alkyl halides is 3. The van der Waals surface area contributed by atoms with Gasteiger partial charge in [0.25, 0.3) is 0 Å². The van der Waals surface area contributed by atoms with Gasteiger partial charge in [-0.25, -0.2) is 8.42 Å². The zero-order valence-electron chi connectivity index (χ0n) is 19.0. The number of nitrogens with one attached hydrogen (secondary N) is 1. The maximum Gasteiger partial charge on any atom is 0.416 e. The molecule has 4 fully saturated rings. The molecule has 34 heavy (non-hydrogen) atoms. The SMILES string of the molecule is CC(C)(NS(=O)(=O)c1cc(C(F)(F)F)ccc1Br)C(=O)CC12CC3CC(C1)CC(C(N)=O)(C3)C2. The summed E-state index contributed by atoms with van der Waals surface area (Å²) in [5.41, 5.74) is 2.10. The summed E-state index contributed by atoms with van der Waals surface area (Å²) in [7, 11) is -4.46. The van der Waals surface area contributed by atoms with Crippen molar-refractivity contribution in [1.82, 2.24) is 4.72 Å². The van der Waals surface area contributed by atoms with Crippen LogP contribution in [-0.2, 0) is 25.8 Å². The van der Waals surface area contributed by atoms with Crippen LogP contribution in [0.4, 0.5) is 13.2 Å². The molecule has 2 atom stereocenters. The predicted molar refractivity (Wildman–Crippen MR) is 122 cm³/mol. The van der Waals surface area contributed by atoms with E-state index in [1.807, 2.05) is 0 Å². The van der Waals surface area contributed by atoms with Crippen molar-refractivity contribution in [3.8, 4) is 0 Å². The second-order valence-corrected chi connectivity index (χ2v) is 13.6. The number of carbonyl (C=O) groups excluding carboxylic acids is 2. The van der Waals surface area contributed by atoms with Gasteiger partial charge in [-0.1, -0.05) is 0 Å². The number of amides is 1. The minimum atomic E-state index is -4.72. The van der Waals surface area contributed by atoms with Gasteiger partial charge in [0.1, 0.15) is 0 Å². The summed E-state index contributed by atoms with van der Waals surface area (Å²) >= 11 is 3.01. The zero-order chi connectivity index (χ0) is 25.3. The predicted octanol–water partition coefficient (Wildman–Crippen LogP) is 4.56. The molecule has 0 aromatic heterocycles. The van der Waals surface area contributed by atoms with Gasteiger partial charge in [-0.15, -0.1) is 0 Å². The Morgan fingerprint density at radius 3 is 2.26 bits per heavy atom. The van der Waals surface area contributed by atoms with E-state index in [9.17, 15) is 31.2 Å². The summed E-state index contributed by atoms with van der Waals surface area (Å²) in [4.78, 5) is 25.1. The molecule has 4 saturated carbocycles. The lowest BCUT2D eigenvalue weighted by atomic mass is 9.43. The average molecular weight is 565 g/mol. The van der Waals surface area contributed by atoms with E-state index in [0.717, 1.165) is 44.2 Å². The number of halogens is 4. The van der Waals surface area contributed by atoms with E-state index in [1.165, 1.54) is 13.8 Å². The zero-order valence-corrected chi connectivity index (χ0v) is 21.4. The van der Waals surface area contributed by atoms with Gasteiger partial charge < -0.3 is 5.73 Å². The highest BCUT2D eigenvalue weighted by Gasteiger charge is 2.60. The van der Waals surface area contributed by atoms with Gasteiger partial charge in [0.15, 0.2) is 5.78 Å². The lowest BCUT2D eigenvalue weighted by Crippen LogP contribution is -2.58. The minimum Gasteiger partial charge on any atom is -0.369 e. The molecule has 2 unspecified atom stereocenters. The van der Waals surface area contributed by atoms with Crippen molar-refractivity contribution in [3.63, 3.8) is 0 Å². The van der Waals surface area contributed by atoms with Gasteiger partial charge in [-0.05, 0) is 104 Å². The van der Waals surface area contributed by atoms with Crippen molar-refractivity contribution >= 4 is 37.6 Å². The first-order chi connectivity index (χ1) is 15.5. The first-order valence-corrected chi connectivity index (χ1v) is 13.5. The van der Waals surface area contributed by atoms with Gasteiger partial charge in [0.05, 0.1) is 21.4 Å². The molecule has 188 valence electrons. The topological polar surface area (TPSA) is 106 Å². The lowest BCUT2D eigenvalue weighted by molar-refractivity contribution is -0.158. The highest BCUT2D eigenvalue weighted by molar-refractivity contribution is 9.10. The molecule has 4 aliphatic carbocycles. The highest BCUT2D eigenvalue weighted by Crippen LogP contribution is 2.66. The Morgan fingerprint density at radius 1 is 1.15 bits per heavy atom. The van der Waals surface area contributed by atoms with E-state index >= 15 is 0 Å². The summed E-state index contributed by atoms with van der Waals surface area (Å²) in [6.07, 6.45) is 0.00143. The Kier molecular flexibility index (Phi) is 6.05. The Bertz CT molecular complexity index is 1140. The third-order valence-electron chi connectivity index (χ3n) is 7.88. The first kappa shape index (κ1) is 25.6. The maximum atomic E-state index is 13.4. The Hall–Kier alpha value is -1.46. The molecule has 11 heteroatoms. The van der Waals surface area contributed by atoms with Crippen LogP contribution in [0.2, 0.25) is 0 Å². The lowest BCUT2D eigenvalue weighted by Gasteiger charge is -2.61. The van der Waals surface area contributed by atoms with Crippen molar-refractivity contribution in [2.24, 2.45) is 28.4 Å². The molecule has 0 radical (unpaired) electrons. The standard InChI is InChI=1S/C23H28BrF3N2O4S/c1-20(2,29-34(32,33)17-6-15(23(25,26)27)3-4-16(17)24)18(30)11-21-7-13-5-14(8-21)10-22(9-13,12-21)19(28)31/h3-4,6,13-14,29H,5,7-12H2,1-2H3,(H2,28,31). The van der Waals surface area contributed by atoms with Crippen LogP contribution in [0, 0.1) is 22.7 Å². The number of hydrogen-bond donors (Lipinski definition) is 2. The fraction of sp³-hybridized carbons (Fsp3) is 0.652. The van der Waals surface area contributed by atoms with E-state index in [2.05, 4.69) is 20.7 Å². The van der Waals surface area contributed by atoms with Gasteiger partial charge >= 0.3 is 6.18 Å². The van der Waals surface area contributed by atoms with Crippen molar-refractivity contribution in [3.05, 3.63) is 28.2 Å². The van der Waals surface area contributed by atoms with Crippen LogP contribution < -0.4 is 10.5 Å². The average Bonchev–Trinajstić information content (AvgIpc) is 2.64. The molecule has 1 aromatic rings. The van der Waals surface area contributed by atoms with Crippen LogP contribution in [-0.4, -0.2) is 25.6 Å². The van der Waals surface area contributed by atoms with Gasteiger partial charge in [-0.2, -0.15) is 17.9 Å². The highest BCUT2D eigenvalue weighted by atomic mass is 79.9. The number of benzene rings is 1. The molecule has 4 bridgehead atoms. The van der Waals surface area contributed by atoms with Gasteiger partial charge in [-0.3, -0.25) is 9.59 Å². The van der Waals surface area contributed by atoms with Crippen molar-refractivity contribution in [1.29, 1.82) is 0 Å². The number of sulfonamides is 1. The molecular weight excluding hydrogens is 537 g/mol. The molecule has 5 rings (SSSR count). The van der Waals surface area contributed by atoms with Crippen LogP contribution in [0.3, 0.4) is 0 Å². The third kappa shape index (κ3) is 4.55. The summed E-state index contributed by atoms with van der Waals surface area (Å²) in [6.45, 7) is 2.83. The van der Waals surface area contributed by atoms with E-state index in [1.54, 1.807) is 0 Å². The van der Waals surface area contributed by atoms with Crippen molar-refractivity contribution in [2.45, 2.75) is 75.4 Å². The molecule has 0 heterocycles. The van der Waals surface area contributed by atoms with E-state index < -0.39 is 43.0 Å². The quantitative estimate of drug-likeness (QED) is 0.506. The Labute approximate surface area is 205 Å². The molecule has 3 N–H and O–H groups in total. The summed E-state index contributed by atoms with van der Waals surface area (Å²) in [6, 6.07) is 2.34. The van der Waals surface area contributed by atoms with Crippen LogP contribution in [0.5, 0.6) is 0 Å². The summed E-state index contributed by atoms with van der Waals surface area (Å²) < 4.78 is 67.8. The number of rotatable bonds is 7. The molecule has 6 nitrogen and oxygen atoms in total. The number of carbonyl (C=O) groups is 2. The monoisotopic (exact) mass is 564 g/mol. The number of nitrogens with two attached hydrogens (primary N) is 1. The van der Waals surface area contributed by atoms with Crippen LogP contribution in [0.1, 0.15) is 64.4 Å². The summed E-state index contributed by atoms with van der Waals surface area (Å²) in [5, 5.41) is 0. The Morgan fingerprint density at radius 2 is 1.74 bits per heavy atom. The second-order valence-electron chi connectivity index (χ2n) is 11.1. The molecule has 0 spiro atoms. The van der Waals surface area contributed by atoms with Gasteiger partial charge in [0, 0.05) is 10.9 Å². The van der Waals surface area contributed by atoms with Crippen LogP contribution >= 0.6 is 15.9 Å². The Balaban J connectivity index is 1.56. The van der Waals surface area contributed by atoms with Crippen molar-refractivity contribution < 1.29 is 31.2 Å². The van der Waals surface area contributed by atoms with Crippen LogP contribution in [0.15, 0.2) is 27.6 Å². The third-order valence-corrected chi connectivity index (χ3v) is 10.5. The number of hydrogen-bond acceptors (Lipinski definition) is 4. The van der Waals surface area contributed by atoms with Gasteiger partial charge in [0.2, 0.25) is 15.9 Å². The number of Topliss-reactive ketones (excluding diaryl/α,β-unsaturated/α-hetero) is 1. The second kappa shape index (κ2) is 8.03. The molecule has 1 amide bonds. The molecule has 0 aliphatic heterocycles.